The average Bonchev–Trinajstić information content (AvgIpc) is 2.71. The zero-order chi connectivity index (χ0) is 20.3. The number of carbonyl (C=O) groups is 1. The first-order valence-electron chi connectivity index (χ1n) is 8.90. The van der Waals surface area contributed by atoms with Crippen LogP contribution in [0.1, 0.15) is 24.2 Å². The molecular formula is C21H23N3O4. The predicted octanol–water partition coefficient (Wildman–Crippen LogP) is 2.37. The fraction of sp³-hybridized carbons (Fsp3) is 0.286. The van der Waals surface area contributed by atoms with E-state index in [1.54, 1.807) is 39.5 Å². The second kappa shape index (κ2) is 8.12. The highest BCUT2D eigenvalue weighted by Gasteiger charge is 2.16. The third-order valence-electron chi connectivity index (χ3n) is 4.65. The number of carbonyl (C=O) groups excluding carboxylic acids is 1. The first-order valence-corrected chi connectivity index (χ1v) is 8.90. The Morgan fingerprint density at radius 1 is 1.11 bits per heavy atom. The molecule has 0 saturated carbocycles. The Morgan fingerprint density at radius 2 is 1.79 bits per heavy atom. The number of methoxy groups -OCH3 is 2. The summed E-state index contributed by atoms with van der Waals surface area (Å²) in [5.41, 5.74) is 1.28. The smallest absolute Gasteiger partial charge is 0.274 e. The normalized spacial score (nSPS) is 11.9. The summed E-state index contributed by atoms with van der Waals surface area (Å²) in [6.45, 7) is 1.89. The van der Waals surface area contributed by atoms with E-state index in [0.29, 0.717) is 28.0 Å². The minimum atomic E-state index is -0.230. The van der Waals surface area contributed by atoms with Gasteiger partial charge in [0.1, 0.15) is 0 Å². The number of hydrogen-bond acceptors (Lipinski definition) is 5. The lowest BCUT2D eigenvalue weighted by molar-refractivity contribution is -0.121. The van der Waals surface area contributed by atoms with Gasteiger partial charge in [-0.25, -0.2) is 4.68 Å². The quantitative estimate of drug-likeness (QED) is 0.709. The highest BCUT2D eigenvalue weighted by Crippen LogP contribution is 2.29. The van der Waals surface area contributed by atoms with Crippen molar-refractivity contribution in [1.29, 1.82) is 0 Å². The molecule has 0 bridgehead atoms. The number of nitrogens with zero attached hydrogens (tertiary/aromatic N) is 2. The predicted molar refractivity (Wildman–Crippen MR) is 107 cm³/mol. The number of ether oxygens (including phenoxy) is 2. The molecule has 0 radical (unpaired) electrons. The standard InChI is InChI=1S/C21H23N3O4/c1-13(14-9-10-18(27-3)19(11-14)28-4)22-20(25)12-17-15-7-5-6-8-16(15)21(26)24(2)23-17/h5-11,13H,12H2,1-4H3,(H,22,25). The molecule has 1 atom stereocenters. The maximum atomic E-state index is 12.6. The van der Waals surface area contributed by atoms with Crippen molar-refractivity contribution in [1.82, 2.24) is 15.1 Å². The summed E-state index contributed by atoms with van der Waals surface area (Å²) in [5.74, 6) is 1.05. The molecule has 7 heteroatoms. The van der Waals surface area contributed by atoms with Gasteiger partial charge >= 0.3 is 0 Å². The number of rotatable bonds is 6. The number of nitrogens with one attached hydrogen (secondary N) is 1. The van der Waals surface area contributed by atoms with Crippen LogP contribution >= 0.6 is 0 Å². The zero-order valence-corrected chi connectivity index (χ0v) is 16.4. The van der Waals surface area contributed by atoms with Crippen LogP contribution in [0.4, 0.5) is 0 Å². The van der Waals surface area contributed by atoms with Gasteiger partial charge in [-0.15, -0.1) is 0 Å². The third-order valence-corrected chi connectivity index (χ3v) is 4.65. The molecule has 3 rings (SSSR count). The average molecular weight is 381 g/mol. The van der Waals surface area contributed by atoms with Crippen molar-refractivity contribution in [3.63, 3.8) is 0 Å². The Morgan fingerprint density at radius 3 is 2.46 bits per heavy atom. The molecule has 1 N–H and O–H groups in total. The van der Waals surface area contributed by atoms with Crippen LogP contribution in [0.25, 0.3) is 10.8 Å². The van der Waals surface area contributed by atoms with E-state index < -0.39 is 0 Å². The van der Waals surface area contributed by atoms with Gasteiger partial charge in [-0.2, -0.15) is 5.10 Å². The van der Waals surface area contributed by atoms with Gasteiger partial charge in [0.25, 0.3) is 5.56 Å². The first kappa shape index (κ1) is 19.4. The van der Waals surface area contributed by atoms with Crippen LogP contribution in [0.5, 0.6) is 11.5 Å². The lowest BCUT2D eigenvalue weighted by atomic mass is 10.1. The molecule has 28 heavy (non-hydrogen) atoms. The molecule has 7 nitrogen and oxygen atoms in total. The zero-order valence-electron chi connectivity index (χ0n) is 16.4. The SMILES string of the molecule is COc1ccc(C(C)NC(=O)Cc2nn(C)c(=O)c3ccccc23)cc1OC. The number of hydrogen-bond donors (Lipinski definition) is 1. The van der Waals surface area contributed by atoms with E-state index in [2.05, 4.69) is 10.4 Å². The second-order valence-corrected chi connectivity index (χ2v) is 6.50. The molecular weight excluding hydrogens is 358 g/mol. The molecule has 0 aliphatic rings. The van der Waals surface area contributed by atoms with Crippen LogP contribution in [0.15, 0.2) is 47.3 Å². The number of amides is 1. The molecule has 3 aromatic rings. The highest BCUT2D eigenvalue weighted by atomic mass is 16.5. The van der Waals surface area contributed by atoms with Crippen LogP contribution in [0, 0.1) is 0 Å². The fourth-order valence-electron chi connectivity index (χ4n) is 3.16. The summed E-state index contributed by atoms with van der Waals surface area (Å²) in [4.78, 5) is 24.8. The Bertz CT molecular complexity index is 1070. The minimum absolute atomic E-state index is 0.0757. The van der Waals surface area contributed by atoms with E-state index in [-0.39, 0.29) is 23.9 Å². The van der Waals surface area contributed by atoms with Crippen molar-refractivity contribution in [2.45, 2.75) is 19.4 Å². The lowest BCUT2D eigenvalue weighted by Crippen LogP contribution is -2.30. The van der Waals surface area contributed by atoms with Crippen molar-refractivity contribution in [2.24, 2.45) is 7.05 Å². The second-order valence-electron chi connectivity index (χ2n) is 6.50. The molecule has 146 valence electrons. The molecule has 0 saturated heterocycles. The third kappa shape index (κ3) is 3.83. The number of aryl methyl sites for hydroxylation is 1. The van der Waals surface area contributed by atoms with Gasteiger partial charge in [0, 0.05) is 12.4 Å². The van der Waals surface area contributed by atoms with Gasteiger partial charge in [0.05, 0.1) is 37.8 Å². The van der Waals surface area contributed by atoms with E-state index in [1.807, 2.05) is 31.2 Å². The van der Waals surface area contributed by atoms with Crippen molar-refractivity contribution < 1.29 is 14.3 Å². The van der Waals surface area contributed by atoms with E-state index in [9.17, 15) is 9.59 Å². The van der Waals surface area contributed by atoms with E-state index in [0.717, 1.165) is 5.56 Å². The molecule has 1 heterocycles. The van der Waals surface area contributed by atoms with Crippen LogP contribution in [-0.4, -0.2) is 29.9 Å². The minimum Gasteiger partial charge on any atom is -0.493 e. The van der Waals surface area contributed by atoms with Gasteiger partial charge in [-0.1, -0.05) is 24.3 Å². The summed E-state index contributed by atoms with van der Waals surface area (Å²) in [6, 6.07) is 12.5. The summed E-state index contributed by atoms with van der Waals surface area (Å²) < 4.78 is 11.8. The topological polar surface area (TPSA) is 82.5 Å². The van der Waals surface area contributed by atoms with Gasteiger partial charge in [0.15, 0.2) is 11.5 Å². The summed E-state index contributed by atoms with van der Waals surface area (Å²) in [5, 5.41) is 8.49. The summed E-state index contributed by atoms with van der Waals surface area (Å²) >= 11 is 0. The highest BCUT2D eigenvalue weighted by molar-refractivity contribution is 5.88. The van der Waals surface area contributed by atoms with Gasteiger partial charge in [-0.3, -0.25) is 9.59 Å². The van der Waals surface area contributed by atoms with E-state index in [1.165, 1.54) is 4.68 Å². The molecule has 0 spiro atoms. The van der Waals surface area contributed by atoms with Gasteiger partial charge < -0.3 is 14.8 Å². The Hall–Kier alpha value is -3.35. The maximum Gasteiger partial charge on any atom is 0.274 e. The number of benzene rings is 2. The lowest BCUT2D eigenvalue weighted by Gasteiger charge is -2.17. The van der Waals surface area contributed by atoms with Gasteiger partial charge in [0.2, 0.25) is 5.91 Å². The van der Waals surface area contributed by atoms with Crippen molar-refractivity contribution in [2.75, 3.05) is 14.2 Å². The molecule has 1 amide bonds. The largest absolute Gasteiger partial charge is 0.493 e. The van der Waals surface area contributed by atoms with Crippen LogP contribution < -0.4 is 20.3 Å². The van der Waals surface area contributed by atoms with Crippen molar-refractivity contribution in [3.05, 3.63) is 64.1 Å². The van der Waals surface area contributed by atoms with Crippen molar-refractivity contribution in [3.8, 4) is 11.5 Å². The molecule has 1 aromatic heterocycles. The van der Waals surface area contributed by atoms with E-state index >= 15 is 0 Å². The Kier molecular flexibility index (Phi) is 5.63. The maximum absolute atomic E-state index is 12.6. The Balaban J connectivity index is 1.80. The number of aromatic nitrogens is 2. The van der Waals surface area contributed by atoms with Gasteiger partial charge in [-0.05, 0) is 30.7 Å². The molecule has 0 aliphatic carbocycles. The molecule has 0 aliphatic heterocycles. The molecule has 2 aromatic carbocycles. The summed E-state index contributed by atoms with van der Waals surface area (Å²) in [6.07, 6.45) is 0.0757. The van der Waals surface area contributed by atoms with Crippen molar-refractivity contribution >= 4 is 16.7 Å². The first-order chi connectivity index (χ1) is 13.4. The fourth-order valence-corrected chi connectivity index (χ4v) is 3.16. The number of fused-ring (bicyclic) bond motifs is 1. The van der Waals surface area contributed by atoms with E-state index in [4.69, 9.17) is 9.47 Å². The Labute approximate surface area is 162 Å². The molecule has 1 unspecified atom stereocenters. The monoisotopic (exact) mass is 381 g/mol. The van der Waals surface area contributed by atoms with Crippen LogP contribution in [-0.2, 0) is 18.3 Å². The molecule has 0 fully saturated rings. The summed E-state index contributed by atoms with van der Waals surface area (Å²) in [7, 11) is 4.73. The van der Waals surface area contributed by atoms with Crippen LogP contribution in [0.2, 0.25) is 0 Å². The van der Waals surface area contributed by atoms with Crippen LogP contribution in [0.3, 0.4) is 0 Å².